The first-order valence-electron chi connectivity index (χ1n) is 7.54. The van der Waals surface area contributed by atoms with E-state index in [1.807, 2.05) is 24.3 Å². The lowest BCUT2D eigenvalue weighted by molar-refractivity contribution is -0.120. The van der Waals surface area contributed by atoms with Gasteiger partial charge in [0.2, 0.25) is 15.9 Å². The number of nitrogens with zero attached hydrogens (tertiary/aromatic N) is 1. The summed E-state index contributed by atoms with van der Waals surface area (Å²) in [4.78, 5) is 11.8. The number of rotatable bonds is 7. The highest BCUT2D eigenvalue weighted by atomic mass is 32.2. The van der Waals surface area contributed by atoms with Crippen LogP contribution in [0.15, 0.2) is 42.5 Å². The highest BCUT2D eigenvalue weighted by Crippen LogP contribution is 2.18. The zero-order valence-electron chi connectivity index (χ0n) is 13.5. The second-order valence-electron chi connectivity index (χ2n) is 5.59. The van der Waals surface area contributed by atoms with E-state index >= 15 is 0 Å². The average Bonchev–Trinajstić information content (AvgIpc) is 2.53. The van der Waals surface area contributed by atoms with Crippen LogP contribution < -0.4 is 5.32 Å². The van der Waals surface area contributed by atoms with Crippen LogP contribution in [0.4, 0.5) is 0 Å². The summed E-state index contributed by atoms with van der Waals surface area (Å²) in [5.41, 5.74) is 1.17. The fraction of sp³-hybridized carbons (Fsp3) is 0.353. The smallest absolute Gasteiger partial charge is 0.221 e. The number of nitrogens with one attached hydrogen (secondary N) is 1. The van der Waals surface area contributed by atoms with Gasteiger partial charge in [0.1, 0.15) is 0 Å². The summed E-state index contributed by atoms with van der Waals surface area (Å²) < 4.78 is 24.4. The van der Waals surface area contributed by atoms with Crippen molar-refractivity contribution in [2.24, 2.45) is 0 Å². The fourth-order valence-corrected chi connectivity index (χ4v) is 3.15. The summed E-state index contributed by atoms with van der Waals surface area (Å²) in [7, 11) is -0.395. The molecule has 0 aliphatic carbocycles. The lowest BCUT2D eigenvalue weighted by atomic mass is 10.0. The molecule has 2 aromatic rings. The Morgan fingerprint density at radius 3 is 2.52 bits per heavy atom. The van der Waals surface area contributed by atoms with Crippen molar-refractivity contribution in [3.8, 4) is 0 Å². The van der Waals surface area contributed by atoms with Gasteiger partial charge in [0.15, 0.2) is 0 Å². The Balaban J connectivity index is 1.86. The van der Waals surface area contributed by atoms with Gasteiger partial charge in [0, 0.05) is 27.1 Å². The molecule has 1 amide bonds. The monoisotopic (exact) mass is 334 g/mol. The molecule has 0 fully saturated rings. The quantitative estimate of drug-likeness (QED) is 0.839. The molecule has 124 valence electrons. The Labute approximate surface area is 137 Å². The van der Waals surface area contributed by atoms with E-state index in [1.165, 1.54) is 30.4 Å². The van der Waals surface area contributed by atoms with Gasteiger partial charge in [-0.15, -0.1) is 0 Å². The molecule has 1 N–H and O–H groups in total. The van der Waals surface area contributed by atoms with E-state index in [4.69, 9.17) is 0 Å². The molecular formula is C17H22N2O3S. The Bertz CT molecular complexity index is 780. The molecule has 0 saturated heterocycles. The summed E-state index contributed by atoms with van der Waals surface area (Å²) in [5, 5.41) is 5.14. The predicted octanol–water partition coefficient (Wildman–Crippen LogP) is 1.78. The molecule has 0 radical (unpaired) electrons. The van der Waals surface area contributed by atoms with E-state index in [9.17, 15) is 13.2 Å². The highest BCUT2D eigenvalue weighted by molar-refractivity contribution is 7.89. The fourth-order valence-electron chi connectivity index (χ4n) is 2.34. The van der Waals surface area contributed by atoms with Gasteiger partial charge in [0.25, 0.3) is 0 Å². The molecule has 0 heterocycles. The second-order valence-corrected chi connectivity index (χ2v) is 7.89. The predicted molar refractivity (Wildman–Crippen MR) is 92.8 cm³/mol. The van der Waals surface area contributed by atoms with E-state index in [-0.39, 0.29) is 18.1 Å². The van der Waals surface area contributed by atoms with E-state index < -0.39 is 10.0 Å². The third kappa shape index (κ3) is 4.77. The van der Waals surface area contributed by atoms with Crippen molar-refractivity contribution in [1.82, 2.24) is 9.62 Å². The number of carbonyl (C=O) groups excluding carboxylic acids is 1. The Kier molecular flexibility index (Phi) is 5.74. The van der Waals surface area contributed by atoms with Crippen LogP contribution in [0.3, 0.4) is 0 Å². The van der Waals surface area contributed by atoms with Crippen LogP contribution in [-0.2, 0) is 21.2 Å². The lowest BCUT2D eigenvalue weighted by Crippen LogP contribution is -2.31. The van der Waals surface area contributed by atoms with Gasteiger partial charge in [-0.3, -0.25) is 4.79 Å². The normalized spacial score (nSPS) is 11.8. The molecule has 0 aliphatic rings. The maximum Gasteiger partial charge on any atom is 0.221 e. The Hall–Kier alpha value is -1.92. The number of amides is 1. The van der Waals surface area contributed by atoms with Gasteiger partial charge in [-0.25, -0.2) is 12.7 Å². The first kappa shape index (κ1) is 17.4. The summed E-state index contributed by atoms with van der Waals surface area (Å²) in [6.45, 7) is 0.495. The minimum atomic E-state index is -3.33. The van der Waals surface area contributed by atoms with Crippen LogP contribution in [0.2, 0.25) is 0 Å². The van der Waals surface area contributed by atoms with Gasteiger partial charge in [-0.2, -0.15) is 0 Å². The first-order valence-corrected chi connectivity index (χ1v) is 9.14. The van der Waals surface area contributed by atoms with Crippen LogP contribution in [0.25, 0.3) is 10.8 Å². The van der Waals surface area contributed by atoms with Crippen LogP contribution >= 0.6 is 0 Å². The van der Waals surface area contributed by atoms with E-state index in [1.54, 1.807) is 0 Å². The molecule has 23 heavy (non-hydrogen) atoms. The molecule has 0 atom stereocenters. The highest BCUT2D eigenvalue weighted by Gasteiger charge is 2.15. The summed E-state index contributed by atoms with van der Waals surface area (Å²) in [6, 6.07) is 14.2. The van der Waals surface area contributed by atoms with E-state index in [0.29, 0.717) is 13.0 Å². The van der Waals surface area contributed by atoms with Gasteiger partial charge < -0.3 is 5.32 Å². The standard InChI is InChI=1S/C17H22N2O3S/c1-19(2)23(21,22)13-11-17(20)18-12-10-15-8-5-7-14-6-3-4-9-16(14)15/h3-9H,10-13H2,1-2H3,(H,18,20). The van der Waals surface area contributed by atoms with Crippen molar-refractivity contribution in [3.63, 3.8) is 0 Å². The van der Waals surface area contributed by atoms with Crippen molar-refractivity contribution in [3.05, 3.63) is 48.0 Å². The molecule has 0 aromatic heterocycles. The molecule has 0 aliphatic heterocycles. The zero-order valence-corrected chi connectivity index (χ0v) is 14.3. The molecule has 0 saturated carbocycles. The van der Waals surface area contributed by atoms with Crippen LogP contribution in [0.5, 0.6) is 0 Å². The number of hydrogen-bond acceptors (Lipinski definition) is 3. The number of fused-ring (bicyclic) bond motifs is 1. The average molecular weight is 334 g/mol. The number of hydrogen-bond donors (Lipinski definition) is 1. The van der Waals surface area contributed by atoms with Gasteiger partial charge in [-0.05, 0) is 22.8 Å². The van der Waals surface area contributed by atoms with E-state index in [0.717, 1.165) is 4.31 Å². The van der Waals surface area contributed by atoms with Crippen LogP contribution in [-0.4, -0.2) is 45.0 Å². The largest absolute Gasteiger partial charge is 0.356 e. The van der Waals surface area contributed by atoms with Crippen molar-refractivity contribution in [2.45, 2.75) is 12.8 Å². The van der Waals surface area contributed by atoms with Crippen molar-refractivity contribution in [1.29, 1.82) is 0 Å². The summed E-state index contributed by atoms with van der Waals surface area (Å²) in [5.74, 6) is -0.407. The summed E-state index contributed by atoms with van der Waals surface area (Å²) in [6.07, 6.45) is 0.698. The molecule has 5 nitrogen and oxygen atoms in total. The Morgan fingerprint density at radius 2 is 1.78 bits per heavy atom. The molecule has 2 aromatic carbocycles. The third-order valence-corrected chi connectivity index (χ3v) is 5.57. The van der Waals surface area contributed by atoms with E-state index in [2.05, 4.69) is 23.5 Å². The van der Waals surface area contributed by atoms with Crippen molar-refractivity contribution < 1.29 is 13.2 Å². The molecule has 0 spiro atoms. The number of carbonyl (C=O) groups is 1. The molecule has 0 unspecified atom stereocenters. The topological polar surface area (TPSA) is 66.5 Å². The number of benzene rings is 2. The molecule has 0 bridgehead atoms. The van der Waals surface area contributed by atoms with Crippen molar-refractivity contribution >= 4 is 26.7 Å². The molecular weight excluding hydrogens is 312 g/mol. The SMILES string of the molecule is CN(C)S(=O)(=O)CCC(=O)NCCc1cccc2ccccc12. The maximum absolute atomic E-state index is 11.8. The first-order chi connectivity index (χ1) is 10.9. The number of sulfonamides is 1. The maximum atomic E-state index is 11.8. The van der Waals surface area contributed by atoms with Crippen LogP contribution in [0, 0.1) is 0 Å². The van der Waals surface area contributed by atoms with Crippen molar-refractivity contribution in [2.75, 3.05) is 26.4 Å². The third-order valence-electron chi connectivity index (χ3n) is 3.74. The minimum absolute atomic E-state index is 0.0178. The van der Waals surface area contributed by atoms with Gasteiger partial charge in [-0.1, -0.05) is 42.5 Å². The molecule has 2 rings (SSSR count). The van der Waals surface area contributed by atoms with Gasteiger partial charge >= 0.3 is 0 Å². The molecule has 6 heteroatoms. The summed E-state index contributed by atoms with van der Waals surface area (Å²) >= 11 is 0. The minimum Gasteiger partial charge on any atom is -0.356 e. The second kappa shape index (κ2) is 7.57. The van der Waals surface area contributed by atoms with Crippen LogP contribution in [0.1, 0.15) is 12.0 Å². The lowest BCUT2D eigenvalue weighted by Gasteiger charge is -2.11. The van der Waals surface area contributed by atoms with Gasteiger partial charge in [0.05, 0.1) is 5.75 Å². The Morgan fingerprint density at radius 1 is 1.09 bits per heavy atom. The zero-order chi connectivity index (χ0) is 16.9.